The number of hydrogen-bond acceptors (Lipinski definition) is 3. The summed E-state index contributed by atoms with van der Waals surface area (Å²) >= 11 is 0. The predicted octanol–water partition coefficient (Wildman–Crippen LogP) is 3.11. The molecule has 0 unspecified atom stereocenters. The van der Waals surface area contributed by atoms with E-state index in [-0.39, 0.29) is 11.6 Å². The van der Waals surface area contributed by atoms with Crippen molar-refractivity contribution in [3.63, 3.8) is 0 Å². The summed E-state index contributed by atoms with van der Waals surface area (Å²) < 4.78 is 11.0. The minimum atomic E-state index is -0.285. The molecule has 94 valence electrons. The summed E-state index contributed by atoms with van der Waals surface area (Å²) in [6, 6.07) is 0. The normalized spacial score (nSPS) is 22.5. The Morgan fingerprint density at radius 1 is 1.41 bits per heavy atom. The van der Waals surface area contributed by atoms with E-state index in [1.807, 2.05) is 26.0 Å². The molecule has 3 heteroatoms. The van der Waals surface area contributed by atoms with Crippen LogP contribution in [0.1, 0.15) is 46.0 Å². The van der Waals surface area contributed by atoms with Crippen molar-refractivity contribution in [3.8, 4) is 0 Å². The minimum absolute atomic E-state index is 0.154. The molecule has 0 aromatic heterocycles. The average Bonchev–Trinajstić information content (AvgIpc) is 2.30. The van der Waals surface area contributed by atoms with Crippen molar-refractivity contribution >= 4 is 5.97 Å². The van der Waals surface area contributed by atoms with Gasteiger partial charge in [-0.3, -0.25) is 0 Å². The molecule has 3 nitrogen and oxygen atoms in total. The molecule has 1 saturated carbocycles. The summed E-state index contributed by atoms with van der Waals surface area (Å²) in [5, 5.41) is 0. The van der Waals surface area contributed by atoms with Crippen LogP contribution in [0.3, 0.4) is 0 Å². The molecule has 0 amide bonds. The lowest BCUT2D eigenvalue weighted by Crippen LogP contribution is -2.35. The van der Waals surface area contributed by atoms with Gasteiger partial charge in [-0.1, -0.05) is 6.42 Å². The first-order valence-corrected chi connectivity index (χ1v) is 6.43. The van der Waals surface area contributed by atoms with Crippen LogP contribution in [-0.4, -0.2) is 18.2 Å². The smallest absolute Gasteiger partial charge is 0.341 e. The van der Waals surface area contributed by atoms with Gasteiger partial charge in [0, 0.05) is 0 Å². The first-order chi connectivity index (χ1) is 8.17. The Morgan fingerprint density at radius 3 is 2.71 bits per heavy atom. The molecule has 0 radical (unpaired) electrons. The van der Waals surface area contributed by atoms with Gasteiger partial charge in [-0.25, -0.2) is 4.79 Å². The Balaban J connectivity index is 2.11. The molecule has 2 aliphatic rings. The molecule has 0 saturated heterocycles. The van der Waals surface area contributed by atoms with E-state index >= 15 is 0 Å². The van der Waals surface area contributed by atoms with Gasteiger partial charge < -0.3 is 9.47 Å². The Hall–Kier alpha value is -1.25. The van der Waals surface area contributed by atoms with Gasteiger partial charge in [-0.15, -0.1) is 0 Å². The van der Waals surface area contributed by atoms with Crippen LogP contribution >= 0.6 is 0 Å². The second-order valence-corrected chi connectivity index (χ2v) is 4.75. The molecule has 0 N–H and O–H groups in total. The lowest BCUT2D eigenvalue weighted by atomic mass is 9.83. The first kappa shape index (κ1) is 12.2. The van der Waals surface area contributed by atoms with Gasteiger partial charge >= 0.3 is 5.97 Å². The molecule has 1 aliphatic heterocycles. The van der Waals surface area contributed by atoms with Gasteiger partial charge in [-0.05, 0) is 51.7 Å². The van der Waals surface area contributed by atoms with Gasteiger partial charge in [0.15, 0.2) is 0 Å². The molecule has 0 bridgehead atoms. The van der Waals surface area contributed by atoms with Crippen LogP contribution in [0, 0.1) is 0 Å². The molecule has 1 heterocycles. The van der Waals surface area contributed by atoms with Crippen molar-refractivity contribution in [2.45, 2.75) is 51.6 Å². The van der Waals surface area contributed by atoms with Crippen LogP contribution in [0.4, 0.5) is 0 Å². The standard InChI is InChI=1S/C14H20O3/c1-3-16-13(15)12-7-10-14(17-11(12)2)8-5-4-6-9-14/h7,10H,3-6,8-9H2,1-2H3. The van der Waals surface area contributed by atoms with E-state index in [1.54, 1.807) is 0 Å². The maximum Gasteiger partial charge on any atom is 0.341 e. The van der Waals surface area contributed by atoms with Crippen LogP contribution in [0.25, 0.3) is 0 Å². The Kier molecular flexibility index (Phi) is 3.55. The number of carbonyl (C=O) groups is 1. The summed E-state index contributed by atoms with van der Waals surface area (Å²) in [6.07, 6.45) is 9.71. The fourth-order valence-electron chi connectivity index (χ4n) is 2.59. The third-order valence-electron chi connectivity index (χ3n) is 3.48. The highest BCUT2D eigenvalue weighted by Crippen LogP contribution is 2.38. The summed E-state index contributed by atoms with van der Waals surface area (Å²) in [4.78, 5) is 11.7. The van der Waals surface area contributed by atoms with Crippen LogP contribution < -0.4 is 0 Å². The van der Waals surface area contributed by atoms with Crippen LogP contribution in [0.5, 0.6) is 0 Å². The van der Waals surface area contributed by atoms with Crippen molar-refractivity contribution in [2.24, 2.45) is 0 Å². The van der Waals surface area contributed by atoms with E-state index in [0.29, 0.717) is 17.9 Å². The average molecular weight is 236 g/mol. The molecular formula is C14H20O3. The molecule has 17 heavy (non-hydrogen) atoms. The monoisotopic (exact) mass is 236 g/mol. The summed E-state index contributed by atoms with van der Waals surface area (Å²) in [6.45, 7) is 4.06. The van der Waals surface area contributed by atoms with E-state index in [0.717, 1.165) is 12.8 Å². The highest BCUT2D eigenvalue weighted by Gasteiger charge is 2.35. The zero-order chi connectivity index (χ0) is 12.3. The van der Waals surface area contributed by atoms with E-state index in [1.165, 1.54) is 19.3 Å². The number of carbonyl (C=O) groups excluding carboxylic acids is 1. The van der Waals surface area contributed by atoms with Gasteiger partial charge in [0.2, 0.25) is 0 Å². The lowest BCUT2D eigenvalue weighted by Gasteiger charge is -2.38. The molecule has 1 spiro atoms. The summed E-state index contributed by atoms with van der Waals surface area (Å²) in [7, 11) is 0. The highest BCUT2D eigenvalue weighted by atomic mass is 16.5. The number of allylic oxidation sites excluding steroid dienone is 1. The minimum Gasteiger partial charge on any atom is -0.487 e. The van der Waals surface area contributed by atoms with Gasteiger partial charge in [0.25, 0.3) is 0 Å². The number of ether oxygens (including phenoxy) is 2. The largest absolute Gasteiger partial charge is 0.487 e. The molecule has 1 aliphatic carbocycles. The SMILES string of the molecule is CCOC(=O)C1=C(C)OC2(C=C1)CCCCC2. The zero-order valence-electron chi connectivity index (χ0n) is 10.6. The van der Waals surface area contributed by atoms with Crippen LogP contribution in [0.2, 0.25) is 0 Å². The molecule has 0 atom stereocenters. The van der Waals surface area contributed by atoms with E-state index in [4.69, 9.17) is 9.47 Å². The van der Waals surface area contributed by atoms with E-state index < -0.39 is 0 Å². The molecule has 2 rings (SSSR count). The number of esters is 1. The quantitative estimate of drug-likeness (QED) is 0.691. The third kappa shape index (κ3) is 2.54. The summed E-state index contributed by atoms with van der Waals surface area (Å²) in [5.41, 5.74) is 0.404. The Morgan fingerprint density at radius 2 is 2.12 bits per heavy atom. The van der Waals surface area contributed by atoms with Gasteiger partial charge in [0.1, 0.15) is 11.4 Å². The first-order valence-electron chi connectivity index (χ1n) is 6.43. The predicted molar refractivity (Wildman–Crippen MR) is 65.4 cm³/mol. The molecule has 0 aromatic rings. The van der Waals surface area contributed by atoms with Crippen molar-refractivity contribution < 1.29 is 14.3 Å². The molecule has 1 fully saturated rings. The molecular weight excluding hydrogens is 216 g/mol. The lowest BCUT2D eigenvalue weighted by molar-refractivity contribution is -0.138. The molecule has 0 aromatic carbocycles. The number of rotatable bonds is 2. The fraction of sp³-hybridized carbons (Fsp3) is 0.643. The fourth-order valence-corrected chi connectivity index (χ4v) is 2.59. The number of hydrogen-bond donors (Lipinski definition) is 0. The maximum absolute atomic E-state index is 11.7. The van der Waals surface area contributed by atoms with Crippen molar-refractivity contribution in [1.82, 2.24) is 0 Å². The summed E-state index contributed by atoms with van der Waals surface area (Å²) in [5.74, 6) is 0.416. The third-order valence-corrected chi connectivity index (χ3v) is 3.48. The van der Waals surface area contributed by atoms with Crippen molar-refractivity contribution in [3.05, 3.63) is 23.5 Å². The Bertz CT molecular complexity index is 360. The van der Waals surface area contributed by atoms with Crippen molar-refractivity contribution in [1.29, 1.82) is 0 Å². The zero-order valence-corrected chi connectivity index (χ0v) is 10.6. The maximum atomic E-state index is 11.7. The Labute approximate surface area is 102 Å². The van der Waals surface area contributed by atoms with Gasteiger partial charge in [0.05, 0.1) is 12.2 Å². The topological polar surface area (TPSA) is 35.5 Å². The van der Waals surface area contributed by atoms with E-state index in [2.05, 4.69) is 0 Å². The van der Waals surface area contributed by atoms with Gasteiger partial charge in [-0.2, -0.15) is 0 Å². The van der Waals surface area contributed by atoms with Crippen LogP contribution in [0.15, 0.2) is 23.5 Å². The highest BCUT2D eigenvalue weighted by molar-refractivity contribution is 5.92. The second kappa shape index (κ2) is 4.94. The van der Waals surface area contributed by atoms with E-state index in [9.17, 15) is 4.79 Å². The second-order valence-electron chi connectivity index (χ2n) is 4.75. The van der Waals surface area contributed by atoms with Crippen molar-refractivity contribution in [2.75, 3.05) is 6.61 Å². The van der Waals surface area contributed by atoms with Crippen LogP contribution in [-0.2, 0) is 14.3 Å².